The first-order valence-corrected chi connectivity index (χ1v) is 15.1. The lowest BCUT2D eigenvalue weighted by Crippen LogP contribution is -1.94. The molecule has 1 nitrogen and oxygen atoms in total. The van der Waals surface area contributed by atoms with Crippen LogP contribution >= 0.6 is 0 Å². The van der Waals surface area contributed by atoms with E-state index in [0.29, 0.717) is 0 Å². The van der Waals surface area contributed by atoms with E-state index in [1.54, 1.807) is 0 Å². The highest BCUT2D eigenvalue weighted by atomic mass is 14.6. The summed E-state index contributed by atoms with van der Waals surface area (Å²) >= 11 is 0. The van der Waals surface area contributed by atoms with Crippen molar-refractivity contribution in [1.29, 1.82) is 0 Å². The molecule has 0 saturated heterocycles. The first kappa shape index (κ1) is 24.8. The van der Waals surface area contributed by atoms with Crippen LogP contribution in [0.2, 0.25) is 0 Å². The zero-order chi connectivity index (χ0) is 29.0. The summed E-state index contributed by atoms with van der Waals surface area (Å²) < 4.78 is 0. The number of aromatic nitrogens is 1. The molecule has 0 radical (unpaired) electrons. The average Bonchev–Trinajstić information content (AvgIpc) is 3.10. The topological polar surface area (TPSA) is 12.9 Å². The maximum atomic E-state index is 4.68. The van der Waals surface area contributed by atoms with E-state index >= 15 is 0 Å². The molecule has 0 saturated carbocycles. The third kappa shape index (κ3) is 3.76. The summed E-state index contributed by atoms with van der Waals surface area (Å²) in [6, 6.07) is 55.2. The van der Waals surface area contributed by atoms with E-state index in [-0.39, 0.29) is 0 Å². The fourth-order valence-electron chi connectivity index (χ4n) is 7.18. The van der Waals surface area contributed by atoms with Crippen LogP contribution in [0.25, 0.3) is 87.2 Å². The lowest BCUT2D eigenvalue weighted by Gasteiger charge is -2.20. The van der Waals surface area contributed by atoms with E-state index in [1.165, 1.54) is 81.9 Å². The second kappa shape index (κ2) is 9.90. The van der Waals surface area contributed by atoms with Gasteiger partial charge in [-0.3, -0.25) is 4.98 Å². The van der Waals surface area contributed by atoms with Gasteiger partial charge in [-0.05, 0) is 94.0 Å². The molecule has 0 fully saturated rings. The third-order valence-electron chi connectivity index (χ3n) is 9.14. The van der Waals surface area contributed by atoms with Gasteiger partial charge in [-0.15, -0.1) is 0 Å². The number of nitrogens with zero attached hydrogens (tertiary/aromatic N) is 1. The van der Waals surface area contributed by atoms with Gasteiger partial charge in [-0.25, -0.2) is 0 Å². The molecule has 0 aliphatic carbocycles. The number of benzene rings is 8. The summed E-state index contributed by atoms with van der Waals surface area (Å²) in [7, 11) is 0. The van der Waals surface area contributed by atoms with Crippen LogP contribution in [0.1, 0.15) is 0 Å². The summed E-state index contributed by atoms with van der Waals surface area (Å²) in [5, 5.41) is 12.3. The highest BCUT2D eigenvalue weighted by Crippen LogP contribution is 2.47. The molecule has 0 aliphatic heterocycles. The maximum absolute atomic E-state index is 4.68. The van der Waals surface area contributed by atoms with Crippen molar-refractivity contribution >= 4 is 53.9 Å². The Morgan fingerprint density at radius 2 is 0.795 bits per heavy atom. The Morgan fingerprint density at radius 3 is 1.41 bits per heavy atom. The van der Waals surface area contributed by atoms with Crippen molar-refractivity contribution in [3.63, 3.8) is 0 Å². The van der Waals surface area contributed by atoms with Gasteiger partial charge >= 0.3 is 0 Å². The van der Waals surface area contributed by atoms with Crippen molar-refractivity contribution in [2.75, 3.05) is 0 Å². The van der Waals surface area contributed by atoms with Crippen LogP contribution in [-0.2, 0) is 0 Å². The highest BCUT2D eigenvalue weighted by molar-refractivity contribution is 6.25. The van der Waals surface area contributed by atoms with Crippen LogP contribution in [0.4, 0.5) is 0 Å². The number of hydrogen-bond donors (Lipinski definition) is 0. The number of fused-ring (bicyclic) bond motifs is 5. The van der Waals surface area contributed by atoms with Crippen molar-refractivity contribution < 1.29 is 0 Å². The molecule has 204 valence electrons. The van der Waals surface area contributed by atoms with Gasteiger partial charge in [0.1, 0.15) is 0 Å². The minimum Gasteiger partial charge on any atom is -0.264 e. The van der Waals surface area contributed by atoms with Crippen molar-refractivity contribution in [2.45, 2.75) is 0 Å². The summed E-state index contributed by atoms with van der Waals surface area (Å²) in [5.41, 5.74) is 7.41. The molecule has 0 atom stereocenters. The number of pyridine rings is 1. The summed E-state index contributed by atoms with van der Waals surface area (Å²) in [6.07, 6.45) is 3.99. The van der Waals surface area contributed by atoms with Gasteiger partial charge < -0.3 is 0 Å². The Morgan fingerprint density at radius 1 is 0.318 bits per heavy atom. The van der Waals surface area contributed by atoms with Crippen LogP contribution in [0.5, 0.6) is 0 Å². The van der Waals surface area contributed by atoms with Gasteiger partial charge in [-0.2, -0.15) is 0 Å². The Bertz CT molecular complexity index is 2540. The first-order valence-electron chi connectivity index (χ1n) is 15.1. The van der Waals surface area contributed by atoms with Gasteiger partial charge in [0.2, 0.25) is 0 Å². The number of hydrogen-bond acceptors (Lipinski definition) is 1. The molecule has 1 aromatic heterocycles. The zero-order valence-corrected chi connectivity index (χ0v) is 24.0. The van der Waals surface area contributed by atoms with E-state index in [4.69, 9.17) is 0 Å². The summed E-state index contributed by atoms with van der Waals surface area (Å²) in [4.78, 5) is 4.68. The number of rotatable bonds is 3. The van der Waals surface area contributed by atoms with E-state index in [2.05, 4.69) is 163 Å². The molecular weight excluding hydrogens is 530 g/mol. The molecule has 0 unspecified atom stereocenters. The van der Waals surface area contributed by atoms with Gasteiger partial charge in [0, 0.05) is 17.8 Å². The molecule has 44 heavy (non-hydrogen) atoms. The molecule has 0 bridgehead atoms. The smallest absolute Gasteiger partial charge is 0.0353 e. The predicted molar refractivity (Wildman–Crippen MR) is 188 cm³/mol. The quantitative estimate of drug-likeness (QED) is 0.197. The largest absolute Gasteiger partial charge is 0.264 e. The first-order chi connectivity index (χ1) is 21.8. The maximum Gasteiger partial charge on any atom is 0.0353 e. The minimum atomic E-state index is 1.16. The molecule has 0 spiro atoms. The van der Waals surface area contributed by atoms with E-state index in [1.807, 2.05) is 6.20 Å². The van der Waals surface area contributed by atoms with Gasteiger partial charge in [0.05, 0.1) is 0 Å². The fraction of sp³-hybridized carbons (Fsp3) is 0. The van der Waals surface area contributed by atoms with Gasteiger partial charge in [0.25, 0.3) is 0 Å². The molecular formula is C43H27N. The minimum absolute atomic E-state index is 1.16. The van der Waals surface area contributed by atoms with Crippen molar-refractivity contribution in [3.05, 3.63) is 164 Å². The molecule has 1 heteroatoms. The Hall–Kier alpha value is -5.79. The molecule has 8 aromatic carbocycles. The lowest BCUT2D eigenvalue weighted by molar-refractivity contribution is 1.37. The normalized spacial score (nSPS) is 11.6. The lowest BCUT2D eigenvalue weighted by atomic mass is 9.83. The zero-order valence-electron chi connectivity index (χ0n) is 24.0. The average molecular weight is 558 g/mol. The summed E-state index contributed by atoms with van der Waals surface area (Å²) in [5.74, 6) is 0. The SMILES string of the molecule is c1ccc2c(-c3ccc4c(-c5cccc6ccccc56)c5cnccc5c(-c5cccc6ccccc56)c4c3)cccc2c1. The Balaban J connectivity index is 1.48. The molecule has 1 heterocycles. The van der Waals surface area contributed by atoms with Crippen LogP contribution in [-0.4, -0.2) is 4.98 Å². The third-order valence-corrected chi connectivity index (χ3v) is 9.14. The molecule has 0 amide bonds. The monoisotopic (exact) mass is 557 g/mol. The fourth-order valence-corrected chi connectivity index (χ4v) is 7.18. The standard InChI is InChI=1S/C43H27N/c1-4-16-32-28(10-1)13-7-19-35(32)31-22-23-38-40(26-31)42(36-20-8-14-29-11-2-5-17-33(29)36)39-24-25-44-27-41(39)43(38)37-21-9-15-30-12-3-6-18-34(30)37/h1-27H. The van der Waals surface area contributed by atoms with Crippen LogP contribution in [0, 0.1) is 0 Å². The van der Waals surface area contributed by atoms with Crippen LogP contribution in [0.3, 0.4) is 0 Å². The van der Waals surface area contributed by atoms with Gasteiger partial charge in [-0.1, -0.05) is 140 Å². The molecule has 0 aliphatic rings. The Labute approximate surface area is 255 Å². The highest BCUT2D eigenvalue weighted by Gasteiger charge is 2.20. The van der Waals surface area contributed by atoms with Crippen LogP contribution < -0.4 is 0 Å². The van der Waals surface area contributed by atoms with E-state index in [9.17, 15) is 0 Å². The molecule has 0 N–H and O–H groups in total. The van der Waals surface area contributed by atoms with Crippen molar-refractivity contribution in [1.82, 2.24) is 4.98 Å². The second-order valence-corrected chi connectivity index (χ2v) is 11.5. The van der Waals surface area contributed by atoms with E-state index in [0.717, 1.165) is 5.39 Å². The summed E-state index contributed by atoms with van der Waals surface area (Å²) in [6.45, 7) is 0. The predicted octanol–water partition coefficient (Wildman–Crippen LogP) is 11.8. The van der Waals surface area contributed by atoms with Crippen LogP contribution in [0.15, 0.2) is 164 Å². The molecule has 9 aromatic rings. The van der Waals surface area contributed by atoms with Crippen molar-refractivity contribution in [2.24, 2.45) is 0 Å². The van der Waals surface area contributed by atoms with E-state index < -0.39 is 0 Å². The Kier molecular flexibility index (Phi) is 5.57. The van der Waals surface area contributed by atoms with Crippen molar-refractivity contribution in [3.8, 4) is 33.4 Å². The second-order valence-electron chi connectivity index (χ2n) is 11.5. The molecule has 9 rings (SSSR count). The van der Waals surface area contributed by atoms with Gasteiger partial charge in [0.15, 0.2) is 0 Å².